The Hall–Kier alpha value is -0.920. The average molecular weight is 294 g/mol. The molecule has 0 fully saturated rings. The van der Waals surface area contributed by atoms with Gasteiger partial charge >= 0.3 is 0 Å². The molecule has 1 aromatic heterocycles. The second-order valence-corrected chi connectivity index (χ2v) is 5.73. The molecule has 1 aromatic rings. The molecule has 2 N–H and O–H groups in total. The maximum Gasteiger partial charge on any atom is 0.287 e. The third-order valence-corrected chi connectivity index (χ3v) is 3.93. The first kappa shape index (κ1) is 15.1. The first-order valence-corrected chi connectivity index (χ1v) is 7.42. The minimum atomic E-state index is -0.862. The van der Waals surface area contributed by atoms with Crippen LogP contribution in [-0.4, -0.2) is 43.8 Å². The molecule has 18 heavy (non-hydrogen) atoms. The Morgan fingerprint density at radius 2 is 2.33 bits per heavy atom. The van der Waals surface area contributed by atoms with Crippen molar-refractivity contribution in [2.75, 3.05) is 30.0 Å². The maximum absolute atomic E-state index is 11.7. The second-order valence-electron chi connectivity index (χ2n) is 3.48. The minimum Gasteiger partial charge on any atom is -0.394 e. The van der Waals surface area contributed by atoms with E-state index in [1.54, 1.807) is 0 Å². The van der Waals surface area contributed by atoms with Gasteiger partial charge in [0.15, 0.2) is 0 Å². The minimum absolute atomic E-state index is 0.0285. The number of halogens is 1. The second kappa shape index (κ2) is 7.50. The van der Waals surface area contributed by atoms with E-state index in [1.807, 2.05) is 6.92 Å². The van der Waals surface area contributed by atoms with Crippen LogP contribution in [0.25, 0.3) is 0 Å². The van der Waals surface area contributed by atoms with Gasteiger partial charge in [-0.3, -0.25) is 9.00 Å². The lowest BCUT2D eigenvalue weighted by atomic mass is 10.4. The van der Waals surface area contributed by atoms with Gasteiger partial charge in [-0.15, -0.1) is 0 Å². The molecule has 1 heterocycles. The fraction of sp³-hybridized carbons (Fsp3) is 0.600. The Labute approximate surface area is 112 Å². The van der Waals surface area contributed by atoms with Gasteiger partial charge in [0.1, 0.15) is 5.02 Å². The van der Waals surface area contributed by atoms with Gasteiger partial charge in [-0.25, -0.2) is 4.68 Å². The Morgan fingerprint density at radius 1 is 1.61 bits per heavy atom. The standard InChI is InChI=1S/C10H16ClN3O3S/c1-2-18(17)6-3-12-8-7-13-14(4-5-15)10(16)9(8)11/h7,12,15H,2-6H2,1H3. The molecule has 0 bridgehead atoms. The molecule has 0 saturated carbocycles. The van der Waals surface area contributed by atoms with E-state index < -0.39 is 16.4 Å². The summed E-state index contributed by atoms with van der Waals surface area (Å²) < 4.78 is 12.3. The molecule has 0 radical (unpaired) electrons. The highest BCUT2D eigenvalue weighted by Crippen LogP contribution is 2.14. The highest BCUT2D eigenvalue weighted by molar-refractivity contribution is 7.84. The fourth-order valence-electron chi connectivity index (χ4n) is 1.29. The topological polar surface area (TPSA) is 84.2 Å². The van der Waals surface area contributed by atoms with Gasteiger partial charge in [-0.1, -0.05) is 18.5 Å². The smallest absolute Gasteiger partial charge is 0.287 e. The quantitative estimate of drug-likeness (QED) is 0.743. The highest BCUT2D eigenvalue weighted by atomic mass is 35.5. The SMILES string of the molecule is CCS(=O)CCNc1cnn(CCO)c(=O)c1Cl. The lowest BCUT2D eigenvalue weighted by Crippen LogP contribution is -2.26. The first-order valence-electron chi connectivity index (χ1n) is 5.55. The van der Waals surface area contributed by atoms with Gasteiger partial charge in [-0.05, 0) is 0 Å². The summed E-state index contributed by atoms with van der Waals surface area (Å²) in [5, 5.41) is 15.6. The number of rotatable bonds is 7. The van der Waals surface area contributed by atoms with Crippen LogP contribution >= 0.6 is 11.6 Å². The van der Waals surface area contributed by atoms with Crippen molar-refractivity contribution < 1.29 is 9.32 Å². The van der Waals surface area contributed by atoms with Gasteiger partial charge in [0.25, 0.3) is 5.56 Å². The zero-order chi connectivity index (χ0) is 13.5. The number of nitrogens with one attached hydrogen (secondary N) is 1. The summed E-state index contributed by atoms with van der Waals surface area (Å²) in [6.07, 6.45) is 1.42. The van der Waals surface area contributed by atoms with Crippen molar-refractivity contribution in [3.8, 4) is 0 Å². The molecule has 0 aromatic carbocycles. The normalized spacial score (nSPS) is 12.4. The Bertz CT molecular complexity index is 478. The van der Waals surface area contributed by atoms with E-state index in [4.69, 9.17) is 16.7 Å². The van der Waals surface area contributed by atoms with Crippen molar-refractivity contribution in [1.29, 1.82) is 0 Å². The molecular formula is C10H16ClN3O3S. The van der Waals surface area contributed by atoms with Gasteiger partial charge in [0, 0.05) is 28.9 Å². The number of hydrogen-bond donors (Lipinski definition) is 2. The van der Waals surface area contributed by atoms with Crippen LogP contribution in [0.3, 0.4) is 0 Å². The Kier molecular flexibility index (Phi) is 6.31. The van der Waals surface area contributed by atoms with E-state index in [0.717, 1.165) is 4.68 Å². The number of nitrogens with zero attached hydrogens (tertiary/aromatic N) is 2. The van der Waals surface area contributed by atoms with Crippen LogP contribution in [0.15, 0.2) is 11.0 Å². The molecule has 0 saturated heterocycles. The molecule has 0 aliphatic carbocycles. The van der Waals surface area contributed by atoms with Crippen LogP contribution in [0.5, 0.6) is 0 Å². The van der Waals surface area contributed by atoms with Crippen LogP contribution in [0.1, 0.15) is 6.92 Å². The molecule has 1 rings (SSSR count). The molecule has 102 valence electrons. The molecular weight excluding hydrogens is 278 g/mol. The van der Waals surface area contributed by atoms with E-state index >= 15 is 0 Å². The number of hydrogen-bond acceptors (Lipinski definition) is 5. The van der Waals surface area contributed by atoms with E-state index in [9.17, 15) is 9.00 Å². The molecule has 0 spiro atoms. The molecule has 1 unspecified atom stereocenters. The highest BCUT2D eigenvalue weighted by Gasteiger charge is 2.08. The number of aromatic nitrogens is 2. The molecule has 6 nitrogen and oxygen atoms in total. The van der Waals surface area contributed by atoms with Crippen molar-refractivity contribution in [2.24, 2.45) is 0 Å². The average Bonchev–Trinajstić information content (AvgIpc) is 2.37. The maximum atomic E-state index is 11.7. The molecule has 0 amide bonds. The monoisotopic (exact) mass is 293 g/mol. The van der Waals surface area contributed by atoms with Crippen LogP contribution < -0.4 is 10.9 Å². The van der Waals surface area contributed by atoms with Crippen molar-refractivity contribution in [3.63, 3.8) is 0 Å². The van der Waals surface area contributed by atoms with Gasteiger partial charge < -0.3 is 10.4 Å². The van der Waals surface area contributed by atoms with Crippen LogP contribution in [0.2, 0.25) is 5.02 Å². The van der Waals surface area contributed by atoms with Crippen molar-refractivity contribution in [3.05, 3.63) is 21.6 Å². The number of aliphatic hydroxyl groups excluding tert-OH is 1. The van der Waals surface area contributed by atoms with Crippen molar-refractivity contribution in [2.45, 2.75) is 13.5 Å². The number of anilines is 1. The Balaban J connectivity index is 2.70. The zero-order valence-corrected chi connectivity index (χ0v) is 11.6. The van der Waals surface area contributed by atoms with Crippen molar-refractivity contribution in [1.82, 2.24) is 9.78 Å². The molecule has 0 aliphatic rings. The third kappa shape index (κ3) is 4.08. The lowest BCUT2D eigenvalue weighted by Gasteiger charge is -2.09. The zero-order valence-electron chi connectivity index (χ0n) is 10.1. The molecule has 8 heteroatoms. The lowest BCUT2D eigenvalue weighted by molar-refractivity contribution is 0.266. The largest absolute Gasteiger partial charge is 0.394 e. The van der Waals surface area contributed by atoms with Crippen LogP contribution in [0.4, 0.5) is 5.69 Å². The predicted molar refractivity (Wildman–Crippen MR) is 72.6 cm³/mol. The summed E-state index contributed by atoms with van der Waals surface area (Å²) in [6, 6.07) is 0. The van der Waals surface area contributed by atoms with Crippen molar-refractivity contribution >= 4 is 28.1 Å². The third-order valence-electron chi connectivity index (χ3n) is 2.26. The summed E-state index contributed by atoms with van der Waals surface area (Å²) in [6.45, 7) is 2.25. The first-order chi connectivity index (χ1) is 8.60. The van der Waals surface area contributed by atoms with Gasteiger partial charge in [0.2, 0.25) is 0 Å². The predicted octanol–water partition coefficient (Wildman–Crippen LogP) is 0.0695. The Morgan fingerprint density at radius 3 is 2.94 bits per heavy atom. The summed E-state index contributed by atoms with van der Waals surface area (Å²) in [5.41, 5.74) is -0.0312. The fourth-order valence-corrected chi connectivity index (χ4v) is 2.12. The van der Waals surface area contributed by atoms with Gasteiger partial charge in [-0.2, -0.15) is 5.10 Å². The van der Waals surface area contributed by atoms with E-state index in [1.165, 1.54) is 6.20 Å². The van der Waals surface area contributed by atoms with Gasteiger partial charge in [0.05, 0.1) is 25.0 Å². The summed E-state index contributed by atoms with van der Waals surface area (Å²) >= 11 is 5.89. The molecule has 1 atom stereocenters. The van der Waals surface area contributed by atoms with E-state index in [2.05, 4.69) is 10.4 Å². The van der Waals surface area contributed by atoms with Crippen LogP contribution in [0, 0.1) is 0 Å². The van der Waals surface area contributed by atoms with E-state index in [0.29, 0.717) is 23.7 Å². The summed E-state index contributed by atoms with van der Waals surface area (Å²) in [7, 11) is -0.862. The summed E-state index contributed by atoms with van der Waals surface area (Å²) in [4.78, 5) is 11.7. The molecule has 0 aliphatic heterocycles. The number of aliphatic hydroxyl groups is 1. The summed E-state index contributed by atoms with van der Waals surface area (Å²) in [5.74, 6) is 1.10. The van der Waals surface area contributed by atoms with E-state index in [-0.39, 0.29) is 18.2 Å². The van der Waals surface area contributed by atoms with Crippen LogP contribution in [-0.2, 0) is 17.3 Å².